The molecule has 0 spiro atoms. The van der Waals surface area contributed by atoms with E-state index in [2.05, 4.69) is 11.6 Å². The van der Waals surface area contributed by atoms with Gasteiger partial charge in [0.1, 0.15) is 16.4 Å². The van der Waals surface area contributed by atoms with E-state index in [1.807, 2.05) is 12.1 Å². The number of furan rings is 1. The third-order valence-corrected chi connectivity index (χ3v) is 6.08. The van der Waals surface area contributed by atoms with E-state index in [4.69, 9.17) is 4.42 Å². The van der Waals surface area contributed by atoms with Crippen LogP contribution in [-0.2, 0) is 29.6 Å². The molecule has 0 aliphatic rings. The van der Waals surface area contributed by atoms with E-state index in [1.54, 1.807) is 25.2 Å². The highest BCUT2D eigenvalue weighted by Gasteiger charge is 2.26. The molecule has 0 aromatic carbocycles. The van der Waals surface area contributed by atoms with Gasteiger partial charge >= 0.3 is 0 Å². The fraction of sp³-hybridized carbons (Fsp3) is 0.429. The zero-order valence-corrected chi connectivity index (χ0v) is 13.9. The van der Waals surface area contributed by atoms with Crippen LogP contribution < -0.4 is 4.72 Å². The molecule has 116 valence electrons. The number of hydrogen-bond acceptors (Lipinski definition) is 5. The van der Waals surface area contributed by atoms with Crippen molar-refractivity contribution >= 4 is 21.4 Å². The fourth-order valence-electron chi connectivity index (χ4n) is 2.19. The molecule has 0 unspecified atom stereocenters. The van der Waals surface area contributed by atoms with Gasteiger partial charge in [0, 0.05) is 21.9 Å². The van der Waals surface area contributed by atoms with Crippen LogP contribution in [0.5, 0.6) is 0 Å². The third-order valence-electron chi connectivity index (χ3n) is 3.25. The van der Waals surface area contributed by atoms with Crippen molar-refractivity contribution in [1.82, 2.24) is 4.72 Å². The van der Waals surface area contributed by atoms with Crippen molar-refractivity contribution < 1.29 is 17.9 Å². The summed E-state index contributed by atoms with van der Waals surface area (Å²) in [7, 11) is -3.71. The molecule has 0 fully saturated rings. The molecule has 0 atom stereocenters. The first-order valence-corrected chi connectivity index (χ1v) is 8.96. The molecule has 0 bridgehead atoms. The maximum absolute atomic E-state index is 12.4. The Balaban J connectivity index is 2.22. The lowest BCUT2D eigenvalue weighted by atomic mass is 10.2. The van der Waals surface area contributed by atoms with Gasteiger partial charge in [-0.2, -0.15) is 0 Å². The zero-order chi connectivity index (χ0) is 15.6. The first kappa shape index (κ1) is 16.2. The molecule has 2 aromatic rings. The lowest BCUT2D eigenvalue weighted by molar-refractivity contribution is 0.276. The quantitative estimate of drug-likeness (QED) is 0.853. The standard InChI is InChI=1S/C14H19NO4S2/c1-4-11-5-6-12(20-11)7-15-21(17,18)14-10(3)19-9(2)13(14)8-16/h5-6,15-16H,4,7-8H2,1-3H3. The fourth-order valence-corrected chi connectivity index (χ4v) is 4.62. The van der Waals surface area contributed by atoms with Crippen molar-refractivity contribution in [3.8, 4) is 0 Å². The lowest BCUT2D eigenvalue weighted by Gasteiger charge is -2.06. The maximum Gasteiger partial charge on any atom is 0.244 e. The van der Waals surface area contributed by atoms with Crippen LogP contribution in [0.3, 0.4) is 0 Å². The van der Waals surface area contributed by atoms with Gasteiger partial charge in [-0.1, -0.05) is 6.92 Å². The SMILES string of the molecule is CCc1ccc(CNS(=O)(=O)c2c(C)oc(C)c2CO)s1. The molecule has 0 aliphatic heterocycles. The van der Waals surface area contributed by atoms with Crippen LogP contribution >= 0.6 is 11.3 Å². The van der Waals surface area contributed by atoms with E-state index in [0.717, 1.165) is 11.3 Å². The number of rotatable bonds is 6. The molecular formula is C14H19NO4S2. The van der Waals surface area contributed by atoms with Crippen molar-refractivity contribution in [3.63, 3.8) is 0 Å². The van der Waals surface area contributed by atoms with Crippen molar-refractivity contribution in [1.29, 1.82) is 0 Å². The molecule has 0 radical (unpaired) electrons. The van der Waals surface area contributed by atoms with Gasteiger partial charge in [0.2, 0.25) is 10.0 Å². The summed E-state index contributed by atoms with van der Waals surface area (Å²) in [5.41, 5.74) is 0.320. The molecule has 0 aliphatic carbocycles. The minimum atomic E-state index is -3.71. The highest BCUT2D eigenvalue weighted by molar-refractivity contribution is 7.89. The van der Waals surface area contributed by atoms with Crippen LogP contribution in [0.2, 0.25) is 0 Å². The summed E-state index contributed by atoms with van der Waals surface area (Å²) in [6.07, 6.45) is 0.937. The van der Waals surface area contributed by atoms with E-state index in [-0.39, 0.29) is 18.0 Å². The smallest absolute Gasteiger partial charge is 0.244 e. The number of aryl methyl sites for hydroxylation is 3. The van der Waals surface area contributed by atoms with Gasteiger partial charge in [0.05, 0.1) is 6.61 Å². The Morgan fingerprint density at radius 1 is 1.24 bits per heavy atom. The molecule has 2 N–H and O–H groups in total. The average Bonchev–Trinajstić information content (AvgIpc) is 3.00. The highest BCUT2D eigenvalue weighted by atomic mass is 32.2. The van der Waals surface area contributed by atoms with Gasteiger partial charge in [-0.3, -0.25) is 0 Å². The second-order valence-corrected chi connectivity index (χ2v) is 7.68. The predicted octanol–water partition coefficient (Wildman–Crippen LogP) is 2.49. The van der Waals surface area contributed by atoms with Gasteiger partial charge < -0.3 is 9.52 Å². The summed E-state index contributed by atoms with van der Waals surface area (Å²) in [5.74, 6) is 0.726. The number of sulfonamides is 1. The number of hydrogen-bond donors (Lipinski definition) is 2. The van der Waals surface area contributed by atoms with E-state index in [0.29, 0.717) is 17.1 Å². The van der Waals surface area contributed by atoms with E-state index < -0.39 is 10.0 Å². The molecule has 0 amide bonds. The van der Waals surface area contributed by atoms with Gasteiger partial charge in [-0.15, -0.1) is 11.3 Å². The topological polar surface area (TPSA) is 79.5 Å². The molecule has 0 saturated carbocycles. The Labute approximate surface area is 128 Å². The number of thiophene rings is 1. The van der Waals surface area contributed by atoms with Gasteiger partial charge in [-0.05, 0) is 32.4 Å². The Morgan fingerprint density at radius 2 is 1.90 bits per heavy atom. The van der Waals surface area contributed by atoms with Crippen LogP contribution in [0.4, 0.5) is 0 Å². The average molecular weight is 329 g/mol. The summed E-state index contributed by atoms with van der Waals surface area (Å²) in [6.45, 7) is 5.16. The molecule has 7 heteroatoms. The highest BCUT2D eigenvalue weighted by Crippen LogP contribution is 2.27. The van der Waals surface area contributed by atoms with Gasteiger partial charge in [0.25, 0.3) is 0 Å². The third kappa shape index (κ3) is 3.37. The summed E-state index contributed by atoms with van der Waals surface area (Å²) >= 11 is 1.59. The largest absolute Gasteiger partial charge is 0.465 e. The Morgan fingerprint density at radius 3 is 2.48 bits per heavy atom. The van der Waals surface area contributed by atoms with Gasteiger partial charge in [0.15, 0.2) is 0 Å². The normalized spacial score (nSPS) is 12.0. The molecule has 21 heavy (non-hydrogen) atoms. The van der Waals surface area contributed by atoms with Crippen LogP contribution in [0.1, 0.15) is 33.8 Å². The van der Waals surface area contributed by atoms with Crippen LogP contribution in [-0.4, -0.2) is 13.5 Å². The Hall–Kier alpha value is -1.15. The van der Waals surface area contributed by atoms with E-state index >= 15 is 0 Å². The molecule has 2 heterocycles. The van der Waals surface area contributed by atoms with E-state index in [1.165, 1.54) is 4.88 Å². The minimum absolute atomic E-state index is 0.0507. The molecule has 0 saturated heterocycles. The molecule has 2 rings (SSSR count). The summed E-state index contributed by atoms with van der Waals surface area (Å²) < 4.78 is 32.7. The molecule has 2 aromatic heterocycles. The first-order chi connectivity index (χ1) is 9.89. The van der Waals surface area contributed by atoms with Crippen LogP contribution in [0.25, 0.3) is 0 Å². The number of aliphatic hydroxyl groups is 1. The van der Waals surface area contributed by atoms with E-state index in [9.17, 15) is 13.5 Å². The lowest BCUT2D eigenvalue weighted by Crippen LogP contribution is -2.24. The second-order valence-electron chi connectivity index (χ2n) is 4.73. The van der Waals surface area contributed by atoms with Crippen LogP contribution in [0, 0.1) is 13.8 Å². The molecule has 5 nitrogen and oxygen atoms in total. The predicted molar refractivity (Wildman–Crippen MR) is 81.8 cm³/mol. The Kier molecular flexibility index (Phi) is 4.88. The summed E-state index contributed by atoms with van der Waals surface area (Å²) in [4.78, 5) is 2.23. The van der Waals surface area contributed by atoms with Crippen molar-refractivity contribution in [2.75, 3.05) is 0 Å². The van der Waals surface area contributed by atoms with Crippen LogP contribution in [0.15, 0.2) is 21.4 Å². The number of nitrogens with one attached hydrogen (secondary N) is 1. The summed E-state index contributed by atoms with van der Waals surface area (Å²) in [5, 5.41) is 9.35. The van der Waals surface area contributed by atoms with Gasteiger partial charge in [-0.25, -0.2) is 13.1 Å². The maximum atomic E-state index is 12.4. The first-order valence-electron chi connectivity index (χ1n) is 6.66. The zero-order valence-electron chi connectivity index (χ0n) is 12.3. The number of aliphatic hydroxyl groups excluding tert-OH is 1. The Bertz CT molecular complexity index is 728. The van der Waals surface area contributed by atoms with Crippen molar-refractivity contribution in [2.24, 2.45) is 0 Å². The molecular weight excluding hydrogens is 310 g/mol. The summed E-state index contributed by atoms with van der Waals surface area (Å²) in [6, 6.07) is 3.92. The second kappa shape index (κ2) is 6.31. The minimum Gasteiger partial charge on any atom is -0.465 e. The monoisotopic (exact) mass is 329 g/mol. The van der Waals surface area contributed by atoms with Crippen molar-refractivity contribution in [3.05, 3.63) is 39.0 Å². The van der Waals surface area contributed by atoms with Crippen molar-refractivity contribution in [2.45, 2.75) is 45.2 Å².